The van der Waals surface area contributed by atoms with E-state index in [0.717, 1.165) is 32.9 Å². The maximum absolute atomic E-state index is 14.0. The lowest BCUT2D eigenvalue weighted by molar-refractivity contribution is -0.115. The number of nitrogens with one attached hydrogen (secondary N) is 1. The van der Waals surface area contributed by atoms with Crippen molar-refractivity contribution < 1.29 is 9.53 Å². The third-order valence-corrected chi connectivity index (χ3v) is 8.60. The standard InChI is InChI=1S/C28H29N3O3S2/c1-17(2)22-14-21-23(16-34-22)36-26-24(21)27(33)31(15-19-10-6-4-7-11-19)28(30-26)35-18(3)25(32)29-20-12-8-5-9-13-20/h4-13,17-18,22H,14-16H2,1-3H3,(H,29,32)/t18-,22+/m0/s1. The molecule has 0 spiro atoms. The summed E-state index contributed by atoms with van der Waals surface area (Å²) in [4.78, 5) is 33.7. The summed E-state index contributed by atoms with van der Waals surface area (Å²) in [5.74, 6) is 0.233. The molecule has 2 atom stereocenters. The topological polar surface area (TPSA) is 73.2 Å². The van der Waals surface area contributed by atoms with Gasteiger partial charge >= 0.3 is 0 Å². The number of carbonyl (C=O) groups is 1. The highest BCUT2D eigenvalue weighted by atomic mass is 32.2. The first-order chi connectivity index (χ1) is 17.4. The van der Waals surface area contributed by atoms with Crippen LogP contribution in [0.5, 0.6) is 0 Å². The van der Waals surface area contributed by atoms with Crippen molar-refractivity contribution in [1.29, 1.82) is 0 Å². The molecular weight excluding hydrogens is 490 g/mol. The molecule has 0 bridgehead atoms. The lowest BCUT2D eigenvalue weighted by Gasteiger charge is -2.26. The first kappa shape index (κ1) is 24.7. The van der Waals surface area contributed by atoms with E-state index in [2.05, 4.69) is 19.2 Å². The van der Waals surface area contributed by atoms with Gasteiger partial charge in [-0.2, -0.15) is 0 Å². The van der Waals surface area contributed by atoms with Gasteiger partial charge in [-0.05, 0) is 36.1 Å². The van der Waals surface area contributed by atoms with Crippen molar-refractivity contribution in [3.05, 3.63) is 87.0 Å². The molecule has 1 aliphatic heterocycles. The minimum Gasteiger partial charge on any atom is -0.372 e. The van der Waals surface area contributed by atoms with E-state index in [1.54, 1.807) is 4.57 Å². The van der Waals surface area contributed by atoms with E-state index in [4.69, 9.17) is 9.72 Å². The summed E-state index contributed by atoms with van der Waals surface area (Å²) in [6, 6.07) is 19.3. The summed E-state index contributed by atoms with van der Waals surface area (Å²) in [7, 11) is 0. The molecule has 1 aliphatic rings. The average Bonchev–Trinajstić information content (AvgIpc) is 3.25. The van der Waals surface area contributed by atoms with Crippen molar-refractivity contribution in [2.75, 3.05) is 5.32 Å². The van der Waals surface area contributed by atoms with Crippen molar-refractivity contribution in [2.45, 2.75) is 56.9 Å². The largest absolute Gasteiger partial charge is 0.372 e. The Balaban J connectivity index is 1.53. The molecule has 3 heterocycles. The van der Waals surface area contributed by atoms with Crippen LogP contribution in [-0.4, -0.2) is 26.8 Å². The van der Waals surface area contributed by atoms with Crippen LogP contribution in [0.3, 0.4) is 0 Å². The third kappa shape index (κ3) is 5.12. The first-order valence-corrected chi connectivity index (χ1v) is 13.8. The monoisotopic (exact) mass is 519 g/mol. The lowest BCUT2D eigenvalue weighted by Crippen LogP contribution is -2.29. The zero-order valence-electron chi connectivity index (χ0n) is 20.6. The fraction of sp³-hybridized carbons (Fsp3) is 0.321. The fourth-order valence-electron chi connectivity index (χ4n) is 4.34. The maximum Gasteiger partial charge on any atom is 0.263 e. The molecule has 8 heteroatoms. The predicted molar refractivity (Wildman–Crippen MR) is 147 cm³/mol. The van der Waals surface area contributed by atoms with E-state index in [0.29, 0.717) is 29.6 Å². The predicted octanol–water partition coefficient (Wildman–Crippen LogP) is 5.72. The molecule has 0 aliphatic carbocycles. The number of hydrogen-bond donors (Lipinski definition) is 1. The van der Waals surface area contributed by atoms with E-state index < -0.39 is 5.25 Å². The van der Waals surface area contributed by atoms with Gasteiger partial charge in [0.2, 0.25) is 5.91 Å². The average molecular weight is 520 g/mol. The van der Waals surface area contributed by atoms with Crippen LogP contribution in [0.4, 0.5) is 5.69 Å². The maximum atomic E-state index is 14.0. The molecule has 2 aromatic carbocycles. The minimum atomic E-state index is -0.445. The molecule has 5 rings (SSSR count). The van der Waals surface area contributed by atoms with Crippen LogP contribution in [0, 0.1) is 5.92 Å². The number of rotatable bonds is 7. The summed E-state index contributed by atoms with van der Waals surface area (Å²) in [6.07, 6.45) is 0.811. The van der Waals surface area contributed by atoms with Gasteiger partial charge in [0.1, 0.15) is 4.83 Å². The number of hydrogen-bond acceptors (Lipinski definition) is 6. The molecule has 1 amide bonds. The molecule has 4 aromatic rings. The van der Waals surface area contributed by atoms with Crippen molar-refractivity contribution in [2.24, 2.45) is 5.92 Å². The highest BCUT2D eigenvalue weighted by molar-refractivity contribution is 8.00. The first-order valence-electron chi connectivity index (χ1n) is 12.1. The molecule has 2 aromatic heterocycles. The summed E-state index contributed by atoms with van der Waals surface area (Å²) in [5, 5.41) is 3.75. The Bertz CT molecular complexity index is 1430. The molecule has 0 fully saturated rings. The molecule has 1 N–H and O–H groups in total. The summed E-state index contributed by atoms with van der Waals surface area (Å²) in [6.45, 7) is 7.04. The van der Waals surface area contributed by atoms with Gasteiger partial charge in [-0.3, -0.25) is 14.2 Å². The number of thiophene rings is 1. The molecule has 0 saturated carbocycles. The lowest BCUT2D eigenvalue weighted by atomic mass is 9.96. The van der Waals surface area contributed by atoms with Gasteiger partial charge < -0.3 is 10.1 Å². The molecule has 0 unspecified atom stereocenters. The van der Waals surface area contributed by atoms with E-state index in [9.17, 15) is 9.59 Å². The number of aromatic nitrogens is 2. The molecule has 0 radical (unpaired) electrons. The Morgan fingerprint density at radius 3 is 2.53 bits per heavy atom. The number of anilines is 1. The van der Waals surface area contributed by atoms with Gasteiger partial charge in [0, 0.05) is 17.0 Å². The van der Waals surface area contributed by atoms with E-state index in [1.165, 1.54) is 23.1 Å². The van der Waals surface area contributed by atoms with Crippen LogP contribution in [0.25, 0.3) is 10.2 Å². The van der Waals surface area contributed by atoms with Crippen molar-refractivity contribution in [3.63, 3.8) is 0 Å². The zero-order chi connectivity index (χ0) is 25.2. The third-order valence-electron chi connectivity index (χ3n) is 6.41. The Labute approximate surface area is 218 Å². The van der Waals surface area contributed by atoms with Gasteiger partial charge in [0.15, 0.2) is 5.16 Å². The van der Waals surface area contributed by atoms with Gasteiger partial charge in [0.05, 0.1) is 29.9 Å². The van der Waals surface area contributed by atoms with Crippen molar-refractivity contribution >= 4 is 44.9 Å². The van der Waals surface area contributed by atoms with Gasteiger partial charge in [-0.25, -0.2) is 4.98 Å². The summed E-state index contributed by atoms with van der Waals surface area (Å²) < 4.78 is 7.78. The smallest absolute Gasteiger partial charge is 0.263 e. The minimum absolute atomic E-state index is 0.0519. The highest BCUT2D eigenvalue weighted by Gasteiger charge is 2.29. The van der Waals surface area contributed by atoms with E-state index >= 15 is 0 Å². The summed E-state index contributed by atoms with van der Waals surface area (Å²) >= 11 is 2.84. The van der Waals surface area contributed by atoms with Crippen LogP contribution in [0.1, 0.15) is 36.8 Å². The van der Waals surface area contributed by atoms with Crippen LogP contribution >= 0.6 is 23.1 Å². The number of amides is 1. The second-order valence-corrected chi connectivity index (χ2v) is 11.8. The van der Waals surface area contributed by atoms with Crippen molar-refractivity contribution in [1.82, 2.24) is 9.55 Å². The number of ether oxygens (including phenoxy) is 1. The van der Waals surface area contributed by atoms with Gasteiger partial charge in [-0.1, -0.05) is 74.1 Å². The Hall–Kier alpha value is -2.94. The summed E-state index contributed by atoms with van der Waals surface area (Å²) in [5.41, 5.74) is 2.77. The molecule has 186 valence electrons. The SMILES string of the molecule is CC(C)[C@H]1Cc2c(sc3nc(S[C@@H](C)C(=O)Nc4ccccc4)n(Cc4ccccc4)c(=O)c23)CO1. The fourth-order valence-corrected chi connectivity index (χ4v) is 6.41. The van der Waals surface area contributed by atoms with Crippen molar-refractivity contribution in [3.8, 4) is 0 Å². The van der Waals surface area contributed by atoms with Gasteiger partial charge in [0.25, 0.3) is 5.56 Å². The number of fused-ring (bicyclic) bond motifs is 3. The Morgan fingerprint density at radius 2 is 1.83 bits per heavy atom. The van der Waals surface area contributed by atoms with E-state index in [-0.39, 0.29) is 17.6 Å². The molecular formula is C28H29N3O3S2. The quantitative estimate of drug-likeness (QED) is 0.250. The van der Waals surface area contributed by atoms with Crippen LogP contribution in [-0.2, 0) is 29.1 Å². The highest BCUT2D eigenvalue weighted by Crippen LogP contribution is 2.36. The Morgan fingerprint density at radius 1 is 1.14 bits per heavy atom. The molecule has 6 nitrogen and oxygen atoms in total. The molecule has 36 heavy (non-hydrogen) atoms. The second kappa shape index (κ2) is 10.6. The van der Waals surface area contributed by atoms with E-state index in [1.807, 2.05) is 67.6 Å². The van der Waals surface area contributed by atoms with Crippen LogP contribution in [0.2, 0.25) is 0 Å². The zero-order valence-corrected chi connectivity index (χ0v) is 22.2. The number of thioether (sulfide) groups is 1. The number of carbonyl (C=O) groups excluding carboxylic acids is 1. The number of benzene rings is 2. The number of para-hydroxylation sites is 1. The Kier molecular flexibility index (Phi) is 7.27. The van der Waals surface area contributed by atoms with Crippen LogP contribution < -0.4 is 10.9 Å². The normalized spacial score (nSPS) is 16.2. The second-order valence-electron chi connectivity index (χ2n) is 9.37. The number of nitrogens with zero attached hydrogens (tertiary/aromatic N) is 2. The van der Waals surface area contributed by atoms with Crippen LogP contribution in [0.15, 0.2) is 70.6 Å². The van der Waals surface area contributed by atoms with Gasteiger partial charge in [-0.15, -0.1) is 11.3 Å². The molecule has 0 saturated heterocycles.